The Morgan fingerprint density at radius 3 is 2.85 bits per heavy atom. The van der Waals surface area contributed by atoms with Crippen molar-refractivity contribution in [3.63, 3.8) is 0 Å². The van der Waals surface area contributed by atoms with Gasteiger partial charge in [0.25, 0.3) is 5.91 Å². The molecular weight excluding hydrogens is 332 g/mol. The topological polar surface area (TPSA) is 110 Å². The average Bonchev–Trinajstić information content (AvgIpc) is 2.92. The molecule has 3 N–H and O–H groups in total. The maximum atomic E-state index is 13.2. The maximum Gasteiger partial charge on any atom is 0.273 e. The van der Waals surface area contributed by atoms with E-state index in [0.717, 1.165) is 55.6 Å². The predicted octanol–water partition coefficient (Wildman–Crippen LogP) is 1.23. The molecule has 1 atom stereocenters. The highest BCUT2D eigenvalue weighted by Crippen LogP contribution is 2.25. The van der Waals surface area contributed by atoms with Gasteiger partial charge in [0, 0.05) is 24.3 Å². The summed E-state index contributed by atoms with van der Waals surface area (Å²) in [4.78, 5) is 23.7. The summed E-state index contributed by atoms with van der Waals surface area (Å²) in [5, 5.41) is 14.2. The van der Waals surface area contributed by atoms with E-state index >= 15 is 0 Å². The van der Waals surface area contributed by atoms with E-state index in [4.69, 9.17) is 5.73 Å². The van der Waals surface area contributed by atoms with Crippen LogP contribution in [0.4, 0.5) is 5.95 Å². The fourth-order valence-corrected chi connectivity index (χ4v) is 3.80. The second kappa shape index (κ2) is 6.68. The molecule has 0 radical (unpaired) electrons. The molecule has 1 amide bonds. The van der Waals surface area contributed by atoms with Crippen molar-refractivity contribution in [2.75, 3.05) is 12.3 Å². The molecule has 0 bridgehead atoms. The zero-order valence-corrected chi connectivity index (χ0v) is 15.0. The number of aliphatic hydroxyl groups is 1. The largest absolute Gasteiger partial charge is 0.387 e. The third-order valence-electron chi connectivity index (χ3n) is 5.15. The molecule has 1 aliphatic carbocycles. The number of hydrogen-bond donors (Lipinski definition) is 2. The second-order valence-corrected chi connectivity index (χ2v) is 7.10. The number of anilines is 1. The Balaban J connectivity index is 1.65. The first-order valence-electron chi connectivity index (χ1n) is 9.22. The van der Waals surface area contributed by atoms with Gasteiger partial charge in [0.1, 0.15) is 5.69 Å². The number of aliphatic hydroxyl groups excluding tert-OH is 1. The summed E-state index contributed by atoms with van der Waals surface area (Å²) >= 11 is 0. The second-order valence-electron chi connectivity index (χ2n) is 7.10. The third kappa shape index (κ3) is 3.05. The minimum atomic E-state index is -0.618. The van der Waals surface area contributed by atoms with Crippen LogP contribution < -0.4 is 5.73 Å². The van der Waals surface area contributed by atoms with E-state index in [2.05, 4.69) is 15.1 Å². The molecule has 1 unspecified atom stereocenters. The van der Waals surface area contributed by atoms with Gasteiger partial charge in [0.2, 0.25) is 5.95 Å². The Bertz CT molecular complexity index is 844. The van der Waals surface area contributed by atoms with Crippen LogP contribution in [-0.2, 0) is 25.9 Å². The fraction of sp³-hybridized carbons (Fsp3) is 0.556. The Morgan fingerprint density at radius 2 is 2.04 bits per heavy atom. The number of aryl methyl sites for hydroxylation is 2. The number of nitrogen functional groups attached to an aromatic ring is 1. The minimum absolute atomic E-state index is 0.0921. The Labute approximate surface area is 152 Å². The lowest BCUT2D eigenvalue weighted by Gasteiger charge is -2.23. The number of amides is 1. The number of carbonyl (C=O) groups excluding carboxylic acids is 1. The van der Waals surface area contributed by atoms with Gasteiger partial charge in [-0.25, -0.2) is 9.97 Å². The smallest absolute Gasteiger partial charge is 0.273 e. The molecule has 4 rings (SSSR count). The monoisotopic (exact) mass is 356 g/mol. The van der Waals surface area contributed by atoms with Gasteiger partial charge >= 0.3 is 0 Å². The van der Waals surface area contributed by atoms with Crippen LogP contribution in [0.15, 0.2) is 6.07 Å². The molecule has 0 fully saturated rings. The molecule has 1 aliphatic heterocycles. The van der Waals surface area contributed by atoms with Gasteiger partial charge < -0.3 is 15.7 Å². The summed E-state index contributed by atoms with van der Waals surface area (Å²) in [6.45, 7) is 3.53. The SMILES string of the molecule is CC(O)c1cc2n(n1)CCCN(C(=O)c1nc(N)nc3c1CCCC3)C2. The number of carbonyl (C=O) groups is 1. The lowest BCUT2D eigenvalue weighted by atomic mass is 9.94. The van der Waals surface area contributed by atoms with Gasteiger partial charge in [0.15, 0.2) is 0 Å². The van der Waals surface area contributed by atoms with Gasteiger partial charge in [-0.3, -0.25) is 9.48 Å². The fourth-order valence-electron chi connectivity index (χ4n) is 3.80. The van der Waals surface area contributed by atoms with Crippen molar-refractivity contribution in [1.82, 2.24) is 24.6 Å². The standard InChI is InChI=1S/C18H24N6O2/c1-11(25)15-9-12-10-23(7-4-8-24(12)22-15)17(26)16-13-5-2-3-6-14(13)20-18(19)21-16/h9,11,25H,2-8,10H2,1H3,(H2,19,20,21). The van der Waals surface area contributed by atoms with Crippen LogP contribution in [0.25, 0.3) is 0 Å². The summed E-state index contributed by atoms with van der Waals surface area (Å²) in [5.41, 5.74) is 9.76. The Kier molecular flexibility index (Phi) is 4.36. The van der Waals surface area contributed by atoms with E-state index < -0.39 is 6.10 Å². The number of nitrogens with two attached hydrogens (primary N) is 1. The Hall–Kier alpha value is -2.48. The molecule has 0 saturated heterocycles. The molecule has 0 saturated carbocycles. The molecule has 0 aromatic carbocycles. The number of aromatic nitrogens is 4. The van der Waals surface area contributed by atoms with E-state index in [1.165, 1.54) is 0 Å². The van der Waals surface area contributed by atoms with Crippen molar-refractivity contribution in [1.29, 1.82) is 0 Å². The molecule has 2 aromatic heterocycles. The van der Waals surface area contributed by atoms with Gasteiger partial charge in [-0.05, 0) is 45.1 Å². The van der Waals surface area contributed by atoms with E-state index in [9.17, 15) is 9.90 Å². The number of rotatable bonds is 2. The van der Waals surface area contributed by atoms with Crippen LogP contribution in [0.3, 0.4) is 0 Å². The molecule has 26 heavy (non-hydrogen) atoms. The van der Waals surface area contributed by atoms with Crippen LogP contribution in [0.1, 0.15) is 65.4 Å². The maximum absolute atomic E-state index is 13.2. The zero-order chi connectivity index (χ0) is 18.3. The van der Waals surface area contributed by atoms with Crippen molar-refractivity contribution in [3.8, 4) is 0 Å². The highest BCUT2D eigenvalue weighted by molar-refractivity contribution is 5.94. The summed E-state index contributed by atoms with van der Waals surface area (Å²) in [6, 6.07) is 1.88. The first-order chi connectivity index (χ1) is 12.5. The lowest BCUT2D eigenvalue weighted by molar-refractivity contribution is 0.0738. The number of nitrogens with zero attached hydrogens (tertiary/aromatic N) is 5. The van der Waals surface area contributed by atoms with E-state index in [0.29, 0.717) is 24.5 Å². The van der Waals surface area contributed by atoms with Crippen molar-refractivity contribution in [3.05, 3.63) is 34.4 Å². The highest BCUT2D eigenvalue weighted by Gasteiger charge is 2.27. The number of fused-ring (bicyclic) bond motifs is 2. The summed E-state index contributed by atoms with van der Waals surface area (Å²) in [6.07, 6.45) is 3.99. The molecule has 2 aromatic rings. The normalized spacial score (nSPS) is 18.0. The van der Waals surface area contributed by atoms with Gasteiger partial charge in [-0.2, -0.15) is 5.10 Å². The van der Waals surface area contributed by atoms with Crippen molar-refractivity contribution < 1.29 is 9.90 Å². The van der Waals surface area contributed by atoms with Crippen molar-refractivity contribution >= 4 is 11.9 Å². The summed E-state index contributed by atoms with van der Waals surface area (Å²) < 4.78 is 1.89. The van der Waals surface area contributed by atoms with Crippen LogP contribution in [0.5, 0.6) is 0 Å². The van der Waals surface area contributed by atoms with E-state index in [1.807, 2.05) is 15.6 Å². The van der Waals surface area contributed by atoms with Crippen LogP contribution in [-0.4, -0.2) is 42.2 Å². The third-order valence-corrected chi connectivity index (χ3v) is 5.15. The van der Waals surface area contributed by atoms with E-state index in [1.54, 1.807) is 6.92 Å². The first kappa shape index (κ1) is 17.0. The molecule has 138 valence electrons. The van der Waals surface area contributed by atoms with Crippen LogP contribution >= 0.6 is 0 Å². The molecule has 3 heterocycles. The van der Waals surface area contributed by atoms with Crippen molar-refractivity contribution in [2.45, 2.75) is 58.2 Å². The van der Waals surface area contributed by atoms with Crippen molar-refractivity contribution in [2.24, 2.45) is 0 Å². The predicted molar refractivity (Wildman–Crippen MR) is 95.3 cm³/mol. The number of hydrogen-bond acceptors (Lipinski definition) is 6. The lowest BCUT2D eigenvalue weighted by Crippen LogP contribution is -2.33. The molecule has 8 nitrogen and oxygen atoms in total. The van der Waals surface area contributed by atoms with Crippen LogP contribution in [0.2, 0.25) is 0 Å². The molecular formula is C18H24N6O2. The minimum Gasteiger partial charge on any atom is -0.387 e. The zero-order valence-electron chi connectivity index (χ0n) is 15.0. The summed E-state index contributed by atoms with van der Waals surface area (Å²) in [5.74, 6) is 0.0794. The molecule has 2 aliphatic rings. The van der Waals surface area contributed by atoms with Gasteiger partial charge in [-0.15, -0.1) is 0 Å². The molecule has 0 spiro atoms. The van der Waals surface area contributed by atoms with Gasteiger partial charge in [-0.1, -0.05) is 0 Å². The Morgan fingerprint density at radius 1 is 1.23 bits per heavy atom. The average molecular weight is 356 g/mol. The van der Waals surface area contributed by atoms with E-state index in [-0.39, 0.29) is 11.9 Å². The highest BCUT2D eigenvalue weighted by atomic mass is 16.3. The van der Waals surface area contributed by atoms with Crippen LogP contribution in [0, 0.1) is 0 Å². The quantitative estimate of drug-likeness (QED) is 0.837. The summed E-state index contributed by atoms with van der Waals surface area (Å²) in [7, 11) is 0. The molecule has 8 heteroatoms. The van der Waals surface area contributed by atoms with Gasteiger partial charge in [0.05, 0.1) is 24.0 Å². The first-order valence-corrected chi connectivity index (χ1v) is 9.22.